The fraction of sp³-hybridized carbons (Fsp3) is 0. The Kier molecular flexibility index (Phi) is 6.38. The third-order valence-corrected chi connectivity index (χ3v) is 2.44. The van der Waals surface area contributed by atoms with E-state index in [9.17, 15) is 9.59 Å². The van der Waals surface area contributed by atoms with Gasteiger partial charge in [-0.3, -0.25) is 0 Å². The van der Waals surface area contributed by atoms with Gasteiger partial charge in [-0.25, -0.2) is 9.59 Å². The summed E-state index contributed by atoms with van der Waals surface area (Å²) in [6.45, 7) is 0. The second kappa shape index (κ2) is 7.56. The fourth-order valence-corrected chi connectivity index (χ4v) is 1.47. The predicted octanol–water partition coefficient (Wildman–Crippen LogP) is 2.49. The SMILES string of the molecule is O=C(O)c1ccc(Oc2ccc(C(=O)O)cc2)cc1.[K]. The first-order valence-corrected chi connectivity index (χ1v) is 5.41. The van der Waals surface area contributed by atoms with Crippen LogP contribution in [0.15, 0.2) is 48.5 Å². The first-order chi connectivity index (χ1) is 9.06. The van der Waals surface area contributed by atoms with Gasteiger partial charge in [-0.05, 0) is 48.5 Å². The van der Waals surface area contributed by atoms with Gasteiger partial charge >= 0.3 is 11.9 Å². The number of hydrogen-bond acceptors (Lipinski definition) is 3. The number of rotatable bonds is 4. The molecule has 0 aliphatic carbocycles. The van der Waals surface area contributed by atoms with Crippen LogP contribution in [0.25, 0.3) is 0 Å². The van der Waals surface area contributed by atoms with Crippen LogP contribution in [0.4, 0.5) is 0 Å². The van der Waals surface area contributed by atoms with Crippen LogP contribution in [0.1, 0.15) is 20.7 Å². The zero-order valence-corrected chi connectivity index (χ0v) is 13.9. The summed E-state index contributed by atoms with van der Waals surface area (Å²) in [6, 6.07) is 11.9. The molecule has 6 heteroatoms. The topological polar surface area (TPSA) is 83.8 Å². The summed E-state index contributed by atoms with van der Waals surface area (Å²) in [5, 5.41) is 17.5. The second-order valence-electron chi connectivity index (χ2n) is 3.76. The maximum atomic E-state index is 10.7. The molecule has 0 aliphatic rings. The Bertz CT molecular complexity index is 549. The van der Waals surface area contributed by atoms with Crippen LogP contribution in [-0.2, 0) is 0 Å². The van der Waals surface area contributed by atoms with Crippen molar-refractivity contribution in [1.29, 1.82) is 0 Å². The van der Waals surface area contributed by atoms with Crippen molar-refractivity contribution in [2.24, 2.45) is 0 Å². The number of ether oxygens (including phenoxy) is 1. The summed E-state index contributed by atoms with van der Waals surface area (Å²) in [7, 11) is 0. The smallest absolute Gasteiger partial charge is 0.335 e. The molecule has 1 radical (unpaired) electrons. The normalized spacial score (nSPS) is 9.40. The first-order valence-electron chi connectivity index (χ1n) is 5.41. The molecule has 2 rings (SSSR count). The molecule has 5 nitrogen and oxygen atoms in total. The average Bonchev–Trinajstić information content (AvgIpc) is 2.40. The fourth-order valence-electron chi connectivity index (χ4n) is 1.47. The van der Waals surface area contributed by atoms with Gasteiger partial charge in [-0.1, -0.05) is 0 Å². The van der Waals surface area contributed by atoms with Gasteiger partial charge in [0.15, 0.2) is 0 Å². The molecule has 97 valence electrons. The standard InChI is InChI=1S/C14H10O5.K/c15-13(16)9-1-5-11(6-2-9)19-12-7-3-10(4-8-12)14(17)18;/h1-8H,(H,15,16)(H,17,18);. The van der Waals surface area contributed by atoms with Crippen molar-refractivity contribution in [2.75, 3.05) is 0 Å². The van der Waals surface area contributed by atoms with Crippen molar-refractivity contribution in [3.8, 4) is 11.5 Å². The van der Waals surface area contributed by atoms with Crippen molar-refractivity contribution in [1.82, 2.24) is 0 Å². The average molecular weight is 297 g/mol. The number of hydrogen-bond donors (Lipinski definition) is 2. The molecule has 2 aromatic rings. The molecule has 2 N–H and O–H groups in total. The molecule has 0 aromatic heterocycles. The Balaban J connectivity index is 0.00000200. The van der Waals surface area contributed by atoms with Gasteiger partial charge in [-0.15, -0.1) is 0 Å². The molecule has 20 heavy (non-hydrogen) atoms. The van der Waals surface area contributed by atoms with Crippen LogP contribution in [0, 0.1) is 0 Å². The van der Waals surface area contributed by atoms with E-state index in [1.54, 1.807) is 0 Å². The summed E-state index contributed by atoms with van der Waals surface area (Å²) < 4.78 is 5.46. The number of carboxylic acid groups (broad SMARTS) is 2. The molecule has 0 amide bonds. The van der Waals surface area contributed by atoms with E-state index in [1.807, 2.05) is 0 Å². The molecule has 0 heterocycles. The largest absolute Gasteiger partial charge is 0.478 e. The van der Waals surface area contributed by atoms with Gasteiger partial charge in [0.2, 0.25) is 0 Å². The van der Waals surface area contributed by atoms with E-state index in [0.717, 1.165) is 0 Å². The van der Waals surface area contributed by atoms with Gasteiger partial charge in [-0.2, -0.15) is 0 Å². The van der Waals surface area contributed by atoms with Crippen LogP contribution in [0.5, 0.6) is 11.5 Å². The molecule has 0 unspecified atom stereocenters. The quantitative estimate of drug-likeness (QED) is 0.847. The molecule has 0 atom stereocenters. The number of carboxylic acids is 2. The van der Waals surface area contributed by atoms with E-state index < -0.39 is 11.9 Å². The monoisotopic (exact) mass is 297 g/mol. The number of benzene rings is 2. The zero-order chi connectivity index (χ0) is 13.8. The van der Waals surface area contributed by atoms with Crippen LogP contribution in [0.3, 0.4) is 0 Å². The third kappa shape index (κ3) is 4.43. The summed E-state index contributed by atoms with van der Waals surface area (Å²) in [5.41, 5.74) is 0.349. The molecular weight excluding hydrogens is 287 g/mol. The van der Waals surface area contributed by atoms with Gasteiger partial charge in [0.05, 0.1) is 11.1 Å². The summed E-state index contributed by atoms with van der Waals surface area (Å²) in [4.78, 5) is 21.4. The summed E-state index contributed by atoms with van der Waals surface area (Å²) >= 11 is 0. The van der Waals surface area contributed by atoms with Crippen molar-refractivity contribution >= 4 is 63.3 Å². The maximum Gasteiger partial charge on any atom is 0.335 e. The van der Waals surface area contributed by atoms with Gasteiger partial charge < -0.3 is 14.9 Å². The van der Waals surface area contributed by atoms with Gasteiger partial charge in [0, 0.05) is 51.4 Å². The van der Waals surface area contributed by atoms with E-state index in [4.69, 9.17) is 14.9 Å². The minimum absolute atomic E-state index is 0. The van der Waals surface area contributed by atoms with E-state index in [1.165, 1.54) is 48.5 Å². The Morgan fingerprint density at radius 2 is 1.00 bits per heavy atom. The van der Waals surface area contributed by atoms with Crippen LogP contribution in [0.2, 0.25) is 0 Å². The minimum atomic E-state index is -1.00. The van der Waals surface area contributed by atoms with Crippen molar-refractivity contribution in [3.63, 3.8) is 0 Å². The molecule has 0 saturated heterocycles. The van der Waals surface area contributed by atoms with Gasteiger partial charge in [0.25, 0.3) is 0 Å². The number of carbonyl (C=O) groups is 2. The van der Waals surface area contributed by atoms with E-state index in [0.29, 0.717) is 11.5 Å². The van der Waals surface area contributed by atoms with Gasteiger partial charge in [0.1, 0.15) is 11.5 Å². The third-order valence-electron chi connectivity index (χ3n) is 2.44. The Labute approximate surface area is 157 Å². The molecule has 0 spiro atoms. The van der Waals surface area contributed by atoms with Crippen LogP contribution >= 0.6 is 0 Å². The second-order valence-corrected chi connectivity index (χ2v) is 3.76. The van der Waals surface area contributed by atoms with Crippen LogP contribution in [-0.4, -0.2) is 73.5 Å². The molecule has 0 fully saturated rings. The Morgan fingerprint density at radius 1 is 0.700 bits per heavy atom. The predicted molar refractivity (Wildman–Crippen MR) is 72.6 cm³/mol. The van der Waals surface area contributed by atoms with Crippen molar-refractivity contribution in [3.05, 3.63) is 59.7 Å². The van der Waals surface area contributed by atoms with E-state index >= 15 is 0 Å². The zero-order valence-electron chi connectivity index (χ0n) is 10.7. The molecule has 2 aromatic carbocycles. The first kappa shape index (κ1) is 16.9. The summed E-state index contributed by atoms with van der Waals surface area (Å²) in [6.07, 6.45) is 0. The van der Waals surface area contributed by atoms with Crippen molar-refractivity contribution in [2.45, 2.75) is 0 Å². The van der Waals surface area contributed by atoms with E-state index in [-0.39, 0.29) is 62.5 Å². The van der Waals surface area contributed by atoms with Crippen LogP contribution < -0.4 is 4.74 Å². The molecule has 0 aliphatic heterocycles. The van der Waals surface area contributed by atoms with E-state index in [2.05, 4.69) is 0 Å². The Hall–Kier alpha value is -1.18. The molecular formula is C14H10KO5. The number of aromatic carboxylic acids is 2. The molecule has 0 saturated carbocycles. The summed E-state index contributed by atoms with van der Waals surface area (Å²) in [5.74, 6) is -1.05. The minimum Gasteiger partial charge on any atom is -0.478 e. The van der Waals surface area contributed by atoms with Crippen molar-refractivity contribution < 1.29 is 24.5 Å². The maximum absolute atomic E-state index is 10.7. The Morgan fingerprint density at radius 3 is 1.25 bits per heavy atom. The molecule has 0 bridgehead atoms.